The highest BCUT2D eigenvalue weighted by molar-refractivity contribution is 7.91. The van der Waals surface area contributed by atoms with E-state index in [0.717, 1.165) is 5.56 Å². The Morgan fingerprint density at radius 2 is 1.65 bits per heavy atom. The van der Waals surface area contributed by atoms with Crippen molar-refractivity contribution in [1.82, 2.24) is 0 Å². The van der Waals surface area contributed by atoms with Crippen molar-refractivity contribution in [3.05, 3.63) is 35.9 Å². The third kappa shape index (κ3) is 3.30. The molecule has 0 unspecified atom stereocenters. The van der Waals surface area contributed by atoms with Crippen LogP contribution in [0, 0.1) is 0 Å². The van der Waals surface area contributed by atoms with Crippen LogP contribution < -0.4 is 0 Å². The second kappa shape index (κ2) is 5.19. The molecule has 1 aliphatic carbocycles. The lowest BCUT2D eigenvalue weighted by atomic mass is 9.97. The maximum Gasteiger partial charge on any atom is 0.157 e. The van der Waals surface area contributed by atoms with Crippen molar-refractivity contribution in [2.24, 2.45) is 0 Å². The predicted molar refractivity (Wildman–Crippen MR) is 67.3 cm³/mol. The van der Waals surface area contributed by atoms with E-state index in [1.54, 1.807) is 0 Å². The molecule has 0 heterocycles. The summed E-state index contributed by atoms with van der Waals surface area (Å²) in [6.07, 6.45) is 2.10. The van der Waals surface area contributed by atoms with Crippen LogP contribution in [0.3, 0.4) is 0 Å². The quantitative estimate of drug-likeness (QED) is 0.896. The molecule has 4 heteroatoms. The van der Waals surface area contributed by atoms with Gasteiger partial charge in [0, 0.05) is 0 Å². The molecule has 1 fully saturated rings. The Morgan fingerprint density at radius 1 is 1.06 bits per heavy atom. The number of hydrogen-bond donors (Lipinski definition) is 1. The van der Waals surface area contributed by atoms with E-state index in [2.05, 4.69) is 0 Å². The third-order valence-electron chi connectivity index (χ3n) is 3.36. The zero-order valence-electron chi connectivity index (χ0n) is 9.75. The summed E-state index contributed by atoms with van der Waals surface area (Å²) >= 11 is 0. The van der Waals surface area contributed by atoms with Crippen molar-refractivity contribution in [2.45, 2.75) is 42.8 Å². The number of hydrogen-bond acceptors (Lipinski definition) is 3. The number of benzene rings is 1. The lowest BCUT2D eigenvalue weighted by Crippen LogP contribution is -2.29. The van der Waals surface area contributed by atoms with Crippen LogP contribution in [-0.2, 0) is 15.6 Å². The Morgan fingerprint density at radius 3 is 2.24 bits per heavy atom. The summed E-state index contributed by atoms with van der Waals surface area (Å²) in [5.41, 5.74) is 0.846. The second-order valence-electron chi connectivity index (χ2n) is 4.72. The normalized spacial score (nSPS) is 25.7. The highest BCUT2D eigenvalue weighted by Gasteiger charge is 2.29. The van der Waals surface area contributed by atoms with Crippen LogP contribution in [0.15, 0.2) is 30.3 Å². The predicted octanol–water partition coefficient (Wildman–Crippen LogP) is 1.90. The van der Waals surface area contributed by atoms with Gasteiger partial charge in [0.25, 0.3) is 0 Å². The zero-order chi connectivity index (χ0) is 12.3. The van der Waals surface area contributed by atoms with Crippen LogP contribution in [0.2, 0.25) is 0 Å². The molecule has 0 aromatic heterocycles. The fourth-order valence-corrected chi connectivity index (χ4v) is 4.21. The Kier molecular flexibility index (Phi) is 3.84. The lowest BCUT2D eigenvalue weighted by Gasteiger charge is -2.25. The van der Waals surface area contributed by atoms with E-state index < -0.39 is 9.84 Å². The van der Waals surface area contributed by atoms with Gasteiger partial charge in [-0.25, -0.2) is 8.42 Å². The lowest BCUT2D eigenvalue weighted by molar-refractivity contribution is 0.131. The fourth-order valence-electron chi connectivity index (χ4n) is 2.33. The van der Waals surface area contributed by atoms with E-state index >= 15 is 0 Å². The number of rotatable bonds is 3. The first-order valence-electron chi connectivity index (χ1n) is 6.01. The summed E-state index contributed by atoms with van der Waals surface area (Å²) in [6, 6.07) is 9.28. The van der Waals surface area contributed by atoms with Gasteiger partial charge in [0.1, 0.15) is 0 Å². The van der Waals surface area contributed by atoms with Gasteiger partial charge < -0.3 is 5.11 Å². The van der Waals surface area contributed by atoms with Gasteiger partial charge in [0.05, 0.1) is 17.1 Å². The first kappa shape index (κ1) is 12.6. The van der Waals surface area contributed by atoms with Crippen LogP contribution in [0.1, 0.15) is 31.2 Å². The van der Waals surface area contributed by atoms with Crippen molar-refractivity contribution in [2.75, 3.05) is 0 Å². The van der Waals surface area contributed by atoms with E-state index in [1.807, 2.05) is 30.3 Å². The van der Waals surface area contributed by atoms with Crippen LogP contribution in [-0.4, -0.2) is 24.9 Å². The van der Waals surface area contributed by atoms with E-state index in [0.29, 0.717) is 25.7 Å². The van der Waals surface area contributed by atoms with Gasteiger partial charge in [-0.15, -0.1) is 0 Å². The summed E-state index contributed by atoms with van der Waals surface area (Å²) in [4.78, 5) is 0. The van der Waals surface area contributed by atoms with Crippen LogP contribution in [0.4, 0.5) is 0 Å². The van der Waals surface area contributed by atoms with Gasteiger partial charge in [-0.2, -0.15) is 0 Å². The fraction of sp³-hybridized carbons (Fsp3) is 0.538. The smallest absolute Gasteiger partial charge is 0.157 e. The van der Waals surface area contributed by atoms with Gasteiger partial charge in [-0.1, -0.05) is 30.3 Å². The average Bonchev–Trinajstić information content (AvgIpc) is 2.30. The molecule has 0 spiro atoms. The minimum absolute atomic E-state index is 0.120. The maximum atomic E-state index is 12.2. The molecular weight excluding hydrogens is 236 g/mol. The summed E-state index contributed by atoms with van der Waals surface area (Å²) in [5, 5.41) is 9.12. The number of sulfone groups is 1. The molecule has 1 aromatic carbocycles. The Labute approximate surface area is 102 Å². The van der Waals surface area contributed by atoms with Gasteiger partial charge in [-0.3, -0.25) is 0 Å². The standard InChI is InChI=1S/C13H18O3S/c14-12-6-8-13(9-7-12)17(15,16)10-11-4-2-1-3-5-11/h1-5,12-14H,6-10H2. The largest absolute Gasteiger partial charge is 0.393 e. The van der Waals surface area contributed by atoms with Gasteiger partial charge in [0.2, 0.25) is 0 Å². The molecule has 0 amide bonds. The topological polar surface area (TPSA) is 54.4 Å². The minimum atomic E-state index is -3.07. The average molecular weight is 254 g/mol. The van der Waals surface area contributed by atoms with E-state index in [4.69, 9.17) is 0 Å². The Bertz CT molecular complexity index is 445. The molecule has 94 valence electrons. The number of aliphatic hydroxyl groups is 1. The molecule has 1 N–H and O–H groups in total. The van der Waals surface area contributed by atoms with Crippen molar-refractivity contribution in [3.63, 3.8) is 0 Å². The molecular formula is C13H18O3S. The highest BCUT2D eigenvalue weighted by atomic mass is 32.2. The molecule has 3 nitrogen and oxygen atoms in total. The molecule has 1 aromatic rings. The van der Waals surface area contributed by atoms with Crippen LogP contribution in [0.5, 0.6) is 0 Å². The first-order chi connectivity index (χ1) is 8.08. The molecule has 1 saturated carbocycles. The van der Waals surface area contributed by atoms with Crippen molar-refractivity contribution >= 4 is 9.84 Å². The SMILES string of the molecule is O=S(=O)(Cc1ccccc1)C1CCC(O)CC1. The van der Waals surface area contributed by atoms with Gasteiger partial charge in [0.15, 0.2) is 9.84 Å². The molecule has 0 bridgehead atoms. The molecule has 0 radical (unpaired) electrons. The second-order valence-corrected chi connectivity index (χ2v) is 7.00. The van der Waals surface area contributed by atoms with Crippen molar-refractivity contribution < 1.29 is 13.5 Å². The highest BCUT2D eigenvalue weighted by Crippen LogP contribution is 2.26. The summed E-state index contributed by atoms with van der Waals surface area (Å²) in [7, 11) is -3.07. The van der Waals surface area contributed by atoms with Gasteiger partial charge >= 0.3 is 0 Å². The minimum Gasteiger partial charge on any atom is -0.393 e. The zero-order valence-corrected chi connectivity index (χ0v) is 10.6. The van der Waals surface area contributed by atoms with Crippen molar-refractivity contribution in [3.8, 4) is 0 Å². The Hall–Kier alpha value is -0.870. The summed E-state index contributed by atoms with van der Waals surface area (Å²) in [6.45, 7) is 0. The monoisotopic (exact) mass is 254 g/mol. The van der Waals surface area contributed by atoms with Crippen molar-refractivity contribution in [1.29, 1.82) is 0 Å². The van der Waals surface area contributed by atoms with E-state index in [-0.39, 0.29) is 17.1 Å². The molecule has 0 atom stereocenters. The number of aliphatic hydroxyl groups excluding tert-OH is 1. The van der Waals surface area contributed by atoms with Crippen LogP contribution >= 0.6 is 0 Å². The van der Waals surface area contributed by atoms with Gasteiger partial charge in [-0.05, 0) is 31.2 Å². The van der Waals surface area contributed by atoms with E-state index in [9.17, 15) is 13.5 Å². The molecule has 1 aliphatic rings. The molecule has 0 saturated heterocycles. The van der Waals surface area contributed by atoms with E-state index in [1.165, 1.54) is 0 Å². The molecule has 0 aliphatic heterocycles. The molecule has 2 rings (SSSR count). The summed E-state index contributed by atoms with van der Waals surface area (Å²) < 4.78 is 24.4. The maximum absolute atomic E-state index is 12.2. The summed E-state index contributed by atoms with van der Waals surface area (Å²) in [5.74, 6) is 0.120. The third-order valence-corrected chi connectivity index (χ3v) is 5.59. The first-order valence-corrected chi connectivity index (χ1v) is 7.73. The van der Waals surface area contributed by atoms with Crippen LogP contribution in [0.25, 0.3) is 0 Å². The Balaban J connectivity index is 2.04. The molecule has 17 heavy (non-hydrogen) atoms.